The number of unbranched alkanes of at least 4 members (excludes halogenated alkanes) is 3. The summed E-state index contributed by atoms with van der Waals surface area (Å²) in [5.74, 6) is 0. The van der Waals surface area contributed by atoms with Gasteiger partial charge >= 0.3 is 7.82 Å². The summed E-state index contributed by atoms with van der Waals surface area (Å²) in [6.07, 6.45) is 5.63. The van der Waals surface area contributed by atoms with Gasteiger partial charge in [0.05, 0.1) is 19.8 Å². The molecule has 0 heterocycles. The summed E-state index contributed by atoms with van der Waals surface area (Å²) in [6, 6.07) is 0. The van der Waals surface area contributed by atoms with Gasteiger partial charge in [0.25, 0.3) is 0 Å². The molecule has 0 N–H and O–H groups in total. The van der Waals surface area contributed by atoms with Crippen LogP contribution in [0.25, 0.3) is 0 Å². The molecule has 0 fully saturated rings. The van der Waals surface area contributed by atoms with E-state index in [4.69, 9.17) is 13.6 Å². The minimum atomic E-state index is -3.31. The van der Waals surface area contributed by atoms with E-state index in [0.717, 1.165) is 38.5 Å². The Hall–Kier alpha value is 0.798. The van der Waals surface area contributed by atoms with Gasteiger partial charge in [-0.1, -0.05) is 40.0 Å². The van der Waals surface area contributed by atoms with Gasteiger partial charge in [0.2, 0.25) is 0 Å². The van der Waals surface area contributed by atoms with E-state index in [9.17, 15) is 4.57 Å². The average Bonchev–Trinajstić information content (AvgIpc) is 2.30. The van der Waals surface area contributed by atoms with Gasteiger partial charge in [-0.25, -0.2) is 4.57 Å². The topological polar surface area (TPSA) is 44.8 Å². The van der Waals surface area contributed by atoms with Gasteiger partial charge in [-0.3, -0.25) is 13.6 Å². The summed E-state index contributed by atoms with van der Waals surface area (Å²) in [5.41, 5.74) is 0. The largest absolute Gasteiger partial charge is 0.474 e. The van der Waals surface area contributed by atoms with E-state index in [1.54, 1.807) is 0 Å². The first-order chi connectivity index (χ1) is 8.18. The number of phosphoric acid groups is 1. The van der Waals surface area contributed by atoms with Crippen molar-refractivity contribution in [3.05, 3.63) is 0 Å². The van der Waals surface area contributed by atoms with Gasteiger partial charge in [0.15, 0.2) is 0 Å². The third-order valence-electron chi connectivity index (χ3n) is 2.24. The van der Waals surface area contributed by atoms with Crippen LogP contribution in [0, 0.1) is 0 Å². The molecule has 0 radical (unpaired) electrons. The Kier molecular flexibility index (Phi) is 16.7. The molecule has 0 aromatic carbocycles. The van der Waals surface area contributed by atoms with Crippen molar-refractivity contribution in [1.29, 1.82) is 0 Å². The maximum absolute atomic E-state index is 12.2. The van der Waals surface area contributed by atoms with Crippen molar-refractivity contribution in [1.82, 2.24) is 0 Å². The van der Waals surface area contributed by atoms with Crippen LogP contribution >= 0.6 is 7.82 Å². The van der Waals surface area contributed by atoms with E-state index in [1.165, 1.54) is 0 Å². The van der Waals surface area contributed by atoms with Crippen molar-refractivity contribution in [2.75, 3.05) is 19.8 Å². The summed E-state index contributed by atoms with van der Waals surface area (Å²) in [5, 5.41) is 0. The molecule has 0 aliphatic carbocycles. The molecule has 110 valence electrons. The van der Waals surface area contributed by atoms with Gasteiger partial charge in [-0.05, 0) is 19.3 Å². The molecule has 0 aliphatic heterocycles. The van der Waals surface area contributed by atoms with Crippen molar-refractivity contribution in [2.45, 2.75) is 59.3 Å². The molecule has 0 aliphatic rings. The van der Waals surface area contributed by atoms with Crippen molar-refractivity contribution < 1.29 is 39.2 Å². The molecule has 0 saturated carbocycles. The van der Waals surface area contributed by atoms with Crippen LogP contribution in [0.1, 0.15) is 59.3 Å². The van der Waals surface area contributed by atoms with Crippen LogP contribution < -0.4 is 0 Å². The predicted molar refractivity (Wildman–Crippen MR) is 70.2 cm³/mol. The number of rotatable bonds is 12. The van der Waals surface area contributed by atoms with Crippen LogP contribution in [0.15, 0.2) is 0 Å². The van der Waals surface area contributed by atoms with Crippen LogP contribution in [0.3, 0.4) is 0 Å². The van der Waals surface area contributed by atoms with E-state index < -0.39 is 7.82 Å². The quantitative estimate of drug-likeness (QED) is 0.290. The summed E-state index contributed by atoms with van der Waals surface area (Å²) in [6.45, 7) is 7.49. The second-order valence-corrected chi connectivity index (χ2v) is 5.68. The molecule has 0 unspecified atom stereocenters. The summed E-state index contributed by atoms with van der Waals surface area (Å²) in [4.78, 5) is 0. The van der Waals surface area contributed by atoms with Crippen molar-refractivity contribution in [3.8, 4) is 0 Å². The van der Waals surface area contributed by atoms with Gasteiger partial charge < -0.3 is 0 Å². The molecular weight excluding hydrogens is 335 g/mol. The first kappa shape index (κ1) is 21.1. The fraction of sp³-hybridized carbons (Fsp3) is 1.00. The molecule has 4 nitrogen and oxygen atoms in total. The van der Waals surface area contributed by atoms with Crippen LogP contribution in [0.5, 0.6) is 0 Å². The van der Waals surface area contributed by atoms with Gasteiger partial charge in [-0.15, -0.1) is 0 Å². The predicted octanol–water partition coefficient (Wildman–Crippen LogP) is 4.54. The SMILES string of the molecule is CCCCOP(=O)(OCCCC)OCCCC.[Mo]. The Labute approximate surface area is 126 Å². The summed E-state index contributed by atoms with van der Waals surface area (Å²) >= 11 is 0. The molecule has 6 heteroatoms. The second-order valence-electron chi connectivity index (χ2n) is 4.01. The van der Waals surface area contributed by atoms with Gasteiger partial charge in [0.1, 0.15) is 0 Å². The van der Waals surface area contributed by atoms with E-state index in [2.05, 4.69) is 20.8 Å². The second kappa shape index (κ2) is 14.2. The zero-order chi connectivity index (χ0) is 13.0. The van der Waals surface area contributed by atoms with Crippen molar-refractivity contribution in [3.63, 3.8) is 0 Å². The zero-order valence-corrected chi connectivity index (χ0v) is 14.8. The number of hydrogen-bond donors (Lipinski definition) is 0. The van der Waals surface area contributed by atoms with Crippen molar-refractivity contribution >= 4 is 7.82 Å². The van der Waals surface area contributed by atoms with Crippen LogP contribution in [0.4, 0.5) is 0 Å². The fourth-order valence-corrected chi connectivity index (χ4v) is 2.36. The van der Waals surface area contributed by atoms with Crippen LogP contribution in [-0.2, 0) is 39.2 Å². The van der Waals surface area contributed by atoms with Gasteiger partial charge in [-0.2, -0.15) is 0 Å². The summed E-state index contributed by atoms with van der Waals surface area (Å²) < 4.78 is 28.0. The number of phosphoric ester groups is 1. The zero-order valence-electron chi connectivity index (χ0n) is 11.9. The number of hydrogen-bond acceptors (Lipinski definition) is 4. The third kappa shape index (κ3) is 11.9. The van der Waals surface area contributed by atoms with Crippen LogP contribution in [0.2, 0.25) is 0 Å². The van der Waals surface area contributed by atoms with Crippen LogP contribution in [-0.4, -0.2) is 19.8 Å². The first-order valence-corrected chi connectivity index (χ1v) is 8.18. The third-order valence-corrected chi connectivity index (χ3v) is 3.74. The van der Waals surface area contributed by atoms with E-state index in [0.29, 0.717) is 19.8 Å². The average molecular weight is 362 g/mol. The van der Waals surface area contributed by atoms with E-state index >= 15 is 0 Å². The standard InChI is InChI=1S/C12H27O4P.Mo/c1-4-7-10-14-17(13,15-11-8-5-2)16-12-9-6-3;/h4-12H2,1-3H3;. The molecule has 0 aromatic heterocycles. The molecule has 0 rings (SSSR count). The molecule has 0 atom stereocenters. The van der Waals surface area contributed by atoms with Gasteiger partial charge in [0, 0.05) is 21.1 Å². The Morgan fingerprint density at radius 2 is 1.00 bits per heavy atom. The normalized spacial score (nSPS) is 11.3. The molecule has 0 bridgehead atoms. The Balaban J connectivity index is 0. The minimum absolute atomic E-state index is 0. The Bertz CT molecular complexity index is 181. The maximum atomic E-state index is 12.2. The molecule has 0 aromatic rings. The smallest absolute Gasteiger partial charge is 0.287 e. The molecule has 0 saturated heterocycles. The Morgan fingerprint density at radius 3 is 1.22 bits per heavy atom. The van der Waals surface area contributed by atoms with E-state index in [1.807, 2.05) is 0 Å². The first-order valence-electron chi connectivity index (χ1n) is 6.72. The summed E-state index contributed by atoms with van der Waals surface area (Å²) in [7, 11) is -3.31. The Morgan fingerprint density at radius 1 is 0.722 bits per heavy atom. The molecular formula is C12H27MoO4P. The molecule has 18 heavy (non-hydrogen) atoms. The monoisotopic (exact) mass is 364 g/mol. The van der Waals surface area contributed by atoms with E-state index in [-0.39, 0.29) is 21.1 Å². The molecule has 0 amide bonds. The van der Waals surface area contributed by atoms with Crippen molar-refractivity contribution in [2.24, 2.45) is 0 Å². The fourth-order valence-electron chi connectivity index (χ4n) is 1.07. The minimum Gasteiger partial charge on any atom is -0.287 e. The molecule has 0 spiro atoms. The maximum Gasteiger partial charge on any atom is 0.474 e.